The molecule has 2 nitrogen and oxygen atoms in total. The number of rotatable bonds is 14. The normalized spacial score (nSPS) is 11.9. The van der Waals surface area contributed by atoms with Gasteiger partial charge in [0.2, 0.25) is 0 Å². The van der Waals surface area contributed by atoms with E-state index >= 15 is 0 Å². The number of hydrogen-bond donors (Lipinski definition) is 0. The largest absolute Gasteiger partial charge is 0.310 e. The summed E-state index contributed by atoms with van der Waals surface area (Å²) in [6.45, 7) is 0. The van der Waals surface area contributed by atoms with E-state index in [9.17, 15) is 0 Å². The smallest absolute Gasteiger partial charge is 0.0540 e. The van der Waals surface area contributed by atoms with Crippen LogP contribution < -0.4 is 9.80 Å². The summed E-state index contributed by atoms with van der Waals surface area (Å²) in [4.78, 5) is 4.83. The summed E-state index contributed by atoms with van der Waals surface area (Å²) in [5.74, 6) is 0. The predicted octanol–water partition coefficient (Wildman–Crippen LogP) is 21.4. The number of anilines is 6. The first-order valence-corrected chi connectivity index (χ1v) is 26.7. The Morgan fingerprint density at radius 1 is 0.167 bits per heavy atom. The molecule has 0 amide bonds. The van der Waals surface area contributed by atoms with Gasteiger partial charge in [-0.3, -0.25) is 0 Å². The molecule has 0 unspecified atom stereocenters. The van der Waals surface area contributed by atoms with Gasteiger partial charge in [0.1, 0.15) is 0 Å². The molecule has 0 aliphatic rings. The summed E-state index contributed by atoms with van der Waals surface area (Å²) >= 11 is 0. The number of fused-ring (bicyclic) bond motifs is 2. The molecule has 0 atom stereocenters. The van der Waals surface area contributed by atoms with E-state index in [4.69, 9.17) is 0 Å². The van der Waals surface area contributed by atoms with Crippen LogP contribution in [-0.2, 0) is 0 Å². The second kappa shape index (κ2) is 21.5. The minimum absolute atomic E-state index is 1.09. The molecule has 368 valence electrons. The topological polar surface area (TPSA) is 6.48 Å². The van der Waals surface area contributed by atoms with E-state index in [1.807, 2.05) is 0 Å². The van der Waals surface area contributed by atoms with Crippen molar-refractivity contribution in [3.8, 4) is 0 Å². The summed E-state index contributed by atoms with van der Waals surface area (Å²) in [6.07, 6.45) is 17.4. The third kappa shape index (κ3) is 9.79. The molecular formula is C76H54N2. The molecule has 0 saturated heterocycles. The standard InChI is InChI=1S/C76H54N2/c1-5-15-55(16-6-1)27-31-59-35-43-63(44-36-59)77(64-45-37-60(38-46-64)32-28-56-17-7-2-8-18-56)73-53-51-69-68-24-14-26-72-74(54-52-70(76(68)72)67-23-13-25-71(73)75(67)69)78(65-47-39-61(40-48-65)33-29-57-19-9-3-10-20-57)66-49-41-62(42-50-66)34-30-58-21-11-4-12-22-58/h1-54H/b31-27-,32-28-,33-29-,34-30?. The van der Waals surface area contributed by atoms with Crippen molar-refractivity contribution in [3.63, 3.8) is 0 Å². The maximum atomic E-state index is 2.42. The van der Waals surface area contributed by atoms with E-state index in [-0.39, 0.29) is 0 Å². The Balaban J connectivity index is 0.926. The predicted molar refractivity (Wildman–Crippen MR) is 338 cm³/mol. The zero-order valence-electron chi connectivity index (χ0n) is 43.1. The second-order valence-electron chi connectivity index (χ2n) is 19.7. The molecule has 13 aromatic rings. The van der Waals surface area contributed by atoms with E-state index in [1.165, 1.54) is 65.3 Å². The molecule has 0 aliphatic carbocycles. The van der Waals surface area contributed by atoms with Crippen LogP contribution in [0.3, 0.4) is 0 Å². The molecule has 0 N–H and O–H groups in total. The third-order valence-electron chi connectivity index (χ3n) is 14.8. The molecule has 0 bridgehead atoms. The van der Waals surface area contributed by atoms with Crippen molar-refractivity contribution >= 4 is 126 Å². The van der Waals surface area contributed by atoms with Gasteiger partial charge < -0.3 is 9.80 Å². The van der Waals surface area contributed by atoms with Crippen LogP contribution in [0, 0.1) is 0 Å². The highest BCUT2D eigenvalue weighted by molar-refractivity contribution is 6.35. The van der Waals surface area contributed by atoms with Crippen LogP contribution >= 0.6 is 0 Å². The molecule has 0 fully saturated rings. The lowest BCUT2D eigenvalue weighted by Crippen LogP contribution is -2.11. The van der Waals surface area contributed by atoms with E-state index in [1.54, 1.807) is 0 Å². The van der Waals surface area contributed by atoms with Gasteiger partial charge in [-0.15, -0.1) is 0 Å². The summed E-state index contributed by atoms with van der Waals surface area (Å²) in [6, 6.07) is 101. The highest BCUT2D eigenvalue weighted by Crippen LogP contribution is 2.49. The van der Waals surface area contributed by atoms with Crippen molar-refractivity contribution in [1.29, 1.82) is 0 Å². The molecule has 0 saturated carbocycles. The Morgan fingerprint density at radius 2 is 0.385 bits per heavy atom. The van der Waals surface area contributed by atoms with E-state index < -0.39 is 0 Å². The van der Waals surface area contributed by atoms with Crippen LogP contribution in [0.15, 0.2) is 279 Å². The summed E-state index contributed by atoms with van der Waals surface area (Å²) in [7, 11) is 0. The van der Waals surface area contributed by atoms with Gasteiger partial charge in [0.05, 0.1) is 11.4 Å². The molecule has 0 aliphatic heterocycles. The van der Waals surface area contributed by atoms with Crippen LogP contribution in [0.4, 0.5) is 34.1 Å². The van der Waals surface area contributed by atoms with Crippen LogP contribution in [0.1, 0.15) is 44.5 Å². The van der Waals surface area contributed by atoms with Crippen LogP contribution in [-0.4, -0.2) is 0 Å². The van der Waals surface area contributed by atoms with Gasteiger partial charge in [-0.2, -0.15) is 0 Å². The number of benzene rings is 13. The first kappa shape index (κ1) is 47.4. The van der Waals surface area contributed by atoms with Gasteiger partial charge in [-0.1, -0.05) is 267 Å². The van der Waals surface area contributed by atoms with E-state index in [2.05, 4.69) is 337 Å². The van der Waals surface area contributed by atoms with Gasteiger partial charge in [0, 0.05) is 33.5 Å². The van der Waals surface area contributed by atoms with Crippen molar-refractivity contribution in [2.24, 2.45) is 0 Å². The monoisotopic (exact) mass is 994 g/mol. The molecule has 13 aromatic carbocycles. The van der Waals surface area contributed by atoms with Gasteiger partial charge in [-0.05, 0) is 137 Å². The summed E-state index contributed by atoms with van der Waals surface area (Å²) < 4.78 is 0. The summed E-state index contributed by atoms with van der Waals surface area (Å²) in [5.41, 5.74) is 15.9. The second-order valence-corrected chi connectivity index (χ2v) is 19.7. The SMILES string of the molecule is C(=Cc1ccc(N(c2ccc(/C=C\c3ccccc3)cc2)c2ccc3c4cccc5c(N(c6ccc(/C=C\c7ccccc7)cc6)c6ccc(/C=C\c7ccccc7)cc6)ccc(c6cccc2c63)c54)cc1)c1ccccc1. The van der Waals surface area contributed by atoms with Crippen molar-refractivity contribution in [2.75, 3.05) is 9.80 Å². The molecular weight excluding hydrogens is 941 g/mol. The maximum absolute atomic E-state index is 2.42. The fourth-order valence-corrected chi connectivity index (χ4v) is 10.9. The third-order valence-corrected chi connectivity index (χ3v) is 14.8. The average molecular weight is 995 g/mol. The quantitative estimate of drug-likeness (QED) is 0.0609. The van der Waals surface area contributed by atoms with Crippen molar-refractivity contribution in [1.82, 2.24) is 0 Å². The van der Waals surface area contributed by atoms with Crippen LogP contribution in [0.25, 0.3) is 91.7 Å². The minimum atomic E-state index is 1.09. The molecule has 0 radical (unpaired) electrons. The van der Waals surface area contributed by atoms with Crippen molar-refractivity contribution < 1.29 is 0 Å². The summed E-state index contributed by atoms with van der Waals surface area (Å²) in [5, 5.41) is 9.84. The first-order chi connectivity index (χ1) is 38.7. The molecule has 2 heteroatoms. The Labute approximate surface area is 456 Å². The van der Waals surface area contributed by atoms with E-state index in [0.29, 0.717) is 0 Å². The zero-order chi connectivity index (χ0) is 52.0. The zero-order valence-corrected chi connectivity index (χ0v) is 43.1. The highest BCUT2D eigenvalue weighted by Gasteiger charge is 2.23. The van der Waals surface area contributed by atoms with Crippen molar-refractivity contribution in [3.05, 3.63) is 324 Å². The Hall–Kier alpha value is -10.3. The lowest BCUT2D eigenvalue weighted by atomic mass is 9.88. The van der Waals surface area contributed by atoms with Gasteiger partial charge >= 0.3 is 0 Å². The fraction of sp³-hybridized carbons (Fsp3) is 0. The first-order valence-electron chi connectivity index (χ1n) is 26.7. The Bertz CT molecular complexity index is 3800. The molecule has 0 aromatic heterocycles. The minimum Gasteiger partial charge on any atom is -0.310 e. The highest BCUT2D eigenvalue weighted by atomic mass is 15.1. The van der Waals surface area contributed by atoms with Gasteiger partial charge in [0.15, 0.2) is 0 Å². The average Bonchev–Trinajstić information content (AvgIpc) is 3.69. The van der Waals surface area contributed by atoms with Gasteiger partial charge in [0.25, 0.3) is 0 Å². The lowest BCUT2D eigenvalue weighted by Gasteiger charge is -2.29. The van der Waals surface area contributed by atoms with Crippen molar-refractivity contribution in [2.45, 2.75) is 0 Å². The van der Waals surface area contributed by atoms with E-state index in [0.717, 1.165) is 56.4 Å². The Morgan fingerprint density at radius 3 is 0.641 bits per heavy atom. The van der Waals surface area contributed by atoms with Crippen LogP contribution in [0.5, 0.6) is 0 Å². The maximum Gasteiger partial charge on any atom is 0.0540 e. The molecule has 0 spiro atoms. The van der Waals surface area contributed by atoms with Crippen LogP contribution in [0.2, 0.25) is 0 Å². The number of nitrogens with zero attached hydrogens (tertiary/aromatic N) is 2. The lowest BCUT2D eigenvalue weighted by molar-refractivity contribution is 1.29. The number of hydrogen-bond acceptors (Lipinski definition) is 2. The van der Waals surface area contributed by atoms with Gasteiger partial charge in [-0.25, -0.2) is 0 Å². The Kier molecular flexibility index (Phi) is 13.1. The molecule has 0 heterocycles. The molecule has 13 rings (SSSR count). The fourth-order valence-electron chi connectivity index (χ4n) is 10.9. The molecule has 78 heavy (non-hydrogen) atoms.